The highest BCUT2D eigenvalue weighted by molar-refractivity contribution is 9.10. The molecule has 4 aromatic rings. The van der Waals surface area contributed by atoms with Gasteiger partial charge in [0.1, 0.15) is 12.4 Å². The number of aryl methyl sites for hydroxylation is 1. The molecule has 4 aromatic carbocycles. The topological polar surface area (TPSA) is 50.7 Å². The molecule has 4 nitrogen and oxygen atoms in total. The van der Waals surface area contributed by atoms with Crippen molar-refractivity contribution in [3.8, 4) is 5.75 Å². The van der Waals surface area contributed by atoms with Crippen molar-refractivity contribution in [3.63, 3.8) is 0 Å². The van der Waals surface area contributed by atoms with E-state index in [0.29, 0.717) is 27.5 Å². The Hall–Kier alpha value is -3.06. The van der Waals surface area contributed by atoms with Gasteiger partial charge in [-0.05, 0) is 77.0 Å². The van der Waals surface area contributed by atoms with Gasteiger partial charge in [-0.25, -0.2) is 4.99 Å². The molecule has 1 amide bonds. The third-order valence-corrected chi connectivity index (χ3v) is 7.23. The fourth-order valence-corrected chi connectivity index (χ4v) is 4.96. The first kappa shape index (κ1) is 23.7. The van der Waals surface area contributed by atoms with Crippen molar-refractivity contribution in [2.75, 3.05) is 0 Å². The lowest BCUT2D eigenvalue weighted by atomic mass is 10.0. The van der Waals surface area contributed by atoms with Gasteiger partial charge in [-0.3, -0.25) is 4.79 Å². The van der Waals surface area contributed by atoms with Gasteiger partial charge < -0.3 is 10.1 Å². The number of aliphatic imine (C=N–C) groups is 1. The van der Waals surface area contributed by atoms with Crippen molar-refractivity contribution in [1.82, 2.24) is 5.32 Å². The minimum atomic E-state index is -0.194. The smallest absolute Gasteiger partial charge is 0.264 e. The number of carbonyl (C=O) groups excluding carboxylic acids is 1. The number of benzene rings is 4. The van der Waals surface area contributed by atoms with Gasteiger partial charge in [0.05, 0.1) is 10.6 Å². The predicted octanol–water partition coefficient (Wildman–Crippen LogP) is 8.03. The first-order valence-corrected chi connectivity index (χ1v) is 12.9. The molecule has 5 rings (SSSR count). The predicted molar refractivity (Wildman–Crippen MR) is 149 cm³/mol. The zero-order valence-corrected chi connectivity index (χ0v) is 21.9. The number of hydrogen-bond donors (Lipinski definition) is 1. The zero-order valence-electron chi connectivity index (χ0n) is 18.7. The van der Waals surface area contributed by atoms with Crippen molar-refractivity contribution in [1.29, 1.82) is 0 Å². The number of fused-ring (bicyclic) bond motifs is 1. The second-order valence-corrected chi connectivity index (χ2v) is 10.4. The molecule has 1 aliphatic heterocycles. The number of nitrogens with zero attached hydrogens (tertiary/aromatic N) is 1. The summed E-state index contributed by atoms with van der Waals surface area (Å²) in [5.41, 5.74) is 3.62. The van der Waals surface area contributed by atoms with E-state index in [2.05, 4.69) is 26.2 Å². The Morgan fingerprint density at radius 3 is 2.69 bits per heavy atom. The molecule has 1 aliphatic rings. The number of amidine groups is 1. The molecule has 0 aliphatic carbocycles. The minimum Gasteiger partial charge on any atom is -0.488 e. The normalized spacial score (nSPS) is 15.7. The Labute approximate surface area is 221 Å². The summed E-state index contributed by atoms with van der Waals surface area (Å²) in [7, 11) is 0. The first-order valence-electron chi connectivity index (χ1n) is 10.9. The van der Waals surface area contributed by atoms with Crippen LogP contribution in [0.25, 0.3) is 16.8 Å². The first-order chi connectivity index (χ1) is 17.0. The molecule has 0 saturated carbocycles. The maximum Gasteiger partial charge on any atom is 0.264 e. The summed E-state index contributed by atoms with van der Waals surface area (Å²) in [6, 6.07) is 25.6. The second-order valence-electron chi connectivity index (χ2n) is 8.03. The van der Waals surface area contributed by atoms with E-state index in [-0.39, 0.29) is 5.91 Å². The molecule has 1 saturated heterocycles. The molecule has 0 atom stereocenters. The van der Waals surface area contributed by atoms with Gasteiger partial charge >= 0.3 is 0 Å². The Morgan fingerprint density at radius 1 is 1.06 bits per heavy atom. The van der Waals surface area contributed by atoms with E-state index in [0.717, 1.165) is 37.6 Å². The highest BCUT2D eigenvalue weighted by atomic mass is 79.9. The highest BCUT2D eigenvalue weighted by Gasteiger charge is 2.25. The van der Waals surface area contributed by atoms with Crippen LogP contribution in [0, 0.1) is 6.92 Å². The van der Waals surface area contributed by atoms with Crippen LogP contribution in [0.3, 0.4) is 0 Å². The van der Waals surface area contributed by atoms with Crippen LogP contribution in [0.5, 0.6) is 5.75 Å². The van der Waals surface area contributed by atoms with Crippen LogP contribution >= 0.6 is 39.3 Å². The molecular weight excluding hydrogens is 544 g/mol. The molecule has 0 aromatic heterocycles. The summed E-state index contributed by atoms with van der Waals surface area (Å²) in [5, 5.41) is 6.07. The van der Waals surface area contributed by atoms with Crippen LogP contribution in [0.4, 0.5) is 5.69 Å². The van der Waals surface area contributed by atoms with Crippen LogP contribution in [-0.4, -0.2) is 11.1 Å². The maximum atomic E-state index is 12.8. The van der Waals surface area contributed by atoms with Gasteiger partial charge in [0, 0.05) is 15.1 Å². The number of amides is 1. The average Bonchev–Trinajstić information content (AvgIpc) is 3.20. The fraction of sp³-hybridized carbons (Fsp3) is 0.0714. The van der Waals surface area contributed by atoms with Crippen molar-refractivity contribution in [2.24, 2.45) is 4.99 Å². The van der Waals surface area contributed by atoms with Crippen molar-refractivity contribution < 1.29 is 9.53 Å². The molecule has 0 unspecified atom stereocenters. The van der Waals surface area contributed by atoms with Crippen LogP contribution in [-0.2, 0) is 11.4 Å². The summed E-state index contributed by atoms with van der Waals surface area (Å²) in [4.78, 5) is 18.0. The van der Waals surface area contributed by atoms with Gasteiger partial charge in [0.2, 0.25) is 0 Å². The van der Waals surface area contributed by atoms with Crippen LogP contribution < -0.4 is 10.1 Å². The Morgan fingerprint density at radius 2 is 1.86 bits per heavy atom. The highest BCUT2D eigenvalue weighted by Crippen LogP contribution is 2.35. The fourth-order valence-electron chi connectivity index (χ4n) is 3.72. The van der Waals surface area contributed by atoms with Gasteiger partial charge in [-0.1, -0.05) is 76.1 Å². The van der Waals surface area contributed by atoms with Gasteiger partial charge in [0.15, 0.2) is 5.17 Å². The maximum absolute atomic E-state index is 12.8. The molecule has 35 heavy (non-hydrogen) atoms. The monoisotopic (exact) mass is 562 g/mol. The number of thioether (sulfide) groups is 1. The summed E-state index contributed by atoms with van der Waals surface area (Å²) in [6.07, 6.45) is 1.88. The summed E-state index contributed by atoms with van der Waals surface area (Å²) >= 11 is 10.9. The average molecular weight is 564 g/mol. The van der Waals surface area contributed by atoms with Crippen LogP contribution in [0.2, 0.25) is 5.02 Å². The van der Waals surface area contributed by atoms with E-state index < -0.39 is 0 Å². The molecule has 0 bridgehead atoms. The lowest BCUT2D eigenvalue weighted by molar-refractivity contribution is -0.115. The Balaban J connectivity index is 1.49. The molecule has 1 heterocycles. The van der Waals surface area contributed by atoms with Crippen molar-refractivity contribution >= 4 is 72.9 Å². The van der Waals surface area contributed by atoms with E-state index in [9.17, 15) is 4.79 Å². The van der Waals surface area contributed by atoms with Gasteiger partial charge in [0.25, 0.3) is 5.91 Å². The second kappa shape index (κ2) is 10.3. The van der Waals surface area contributed by atoms with Crippen molar-refractivity contribution in [3.05, 3.63) is 110 Å². The molecule has 0 radical (unpaired) electrons. The summed E-state index contributed by atoms with van der Waals surface area (Å²) in [5.74, 6) is 0.517. The third kappa shape index (κ3) is 5.45. The largest absolute Gasteiger partial charge is 0.488 e. The number of carbonyl (C=O) groups is 1. The van der Waals surface area contributed by atoms with E-state index in [1.165, 1.54) is 11.8 Å². The molecule has 0 spiro atoms. The molecule has 1 fully saturated rings. The van der Waals surface area contributed by atoms with Crippen LogP contribution in [0.15, 0.2) is 93.2 Å². The minimum absolute atomic E-state index is 0.194. The number of rotatable bonds is 5. The van der Waals surface area contributed by atoms with E-state index in [1.54, 1.807) is 6.07 Å². The van der Waals surface area contributed by atoms with E-state index >= 15 is 0 Å². The van der Waals surface area contributed by atoms with Gasteiger partial charge in [-0.2, -0.15) is 0 Å². The standard InChI is InChI=1S/C28H20BrClN2O2S/c1-17-6-12-21(30)14-24(17)31-28-32-27(33)26(35-28)15-23-22-5-3-2-4-19(22)9-13-25(23)34-16-18-7-10-20(29)11-8-18/h2-15H,16H2,1H3,(H,31,32,33)/b26-15-. The molecular formula is C28H20BrClN2O2S. The molecule has 7 heteroatoms. The summed E-state index contributed by atoms with van der Waals surface area (Å²) < 4.78 is 7.24. The Kier molecular flexibility index (Phi) is 6.95. The van der Waals surface area contributed by atoms with E-state index in [1.807, 2.05) is 85.8 Å². The lowest BCUT2D eigenvalue weighted by Gasteiger charge is -2.13. The van der Waals surface area contributed by atoms with Crippen molar-refractivity contribution in [2.45, 2.75) is 13.5 Å². The van der Waals surface area contributed by atoms with Crippen LogP contribution in [0.1, 0.15) is 16.7 Å². The third-order valence-electron chi connectivity index (χ3n) is 5.56. The number of halogens is 2. The zero-order chi connectivity index (χ0) is 24.4. The van der Waals surface area contributed by atoms with Gasteiger partial charge in [-0.15, -0.1) is 0 Å². The molecule has 174 valence electrons. The van der Waals surface area contributed by atoms with E-state index in [4.69, 9.17) is 16.3 Å². The summed E-state index contributed by atoms with van der Waals surface area (Å²) in [6.45, 7) is 2.38. The number of ether oxygens (including phenoxy) is 1. The molecule has 1 N–H and O–H groups in total. The lowest BCUT2D eigenvalue weighted by Crippen LogP contribution is -2.19. The number of hydrogen-bond acceptors (Lipinski definition) is 4. The Bertz CT molecular complexity index is 1500. The quantitative estimate of drug-likeness (QED) is 0.250. The number of nitrogens with one attached hydrogen (secondary N) is 1. The SMILES string of the molecule is Cc1ccc(Cl)cc1N=C1NC(=O)/C(=C/c2c(OCc3ccc(Br)cc3)ccc3ccccc23)S1.